The molecule has 1 atom stereocenters. The second-order valence-corrected chi connectivity index (χ2v) is 7.04. The molecule has 1 aliphatic carbocycles. The van der Waals surface area contributed by atoms with E-state index in [1.165, 1.54) is 10.4 Å². The standard InChI is InChI=1S/C15H15ClN2O2S/c1-9-7-10(18(19)20)5-6-12(9)17-13-3-2-4-14-11(13)8-15(16)21-14/h5-8,13,17H,2-4H2,1H3. The average Bonchev–Trinajstić information content (AvgIpc) is 2.82. The van der Waals surface area contributed by atoms with Gasteiger partial charge in [-0.2, -0.15) is 0 Å². The SMILES string of the molecule is Cc1cc([N+](=O)[O-])ccc1NC1CCCc2sc(Cl)cc21. The first-order valence-corrected chi connectivity index (χ1v) is 8.03. The number of nitrogens with zero attached hydrogens (tertiary/aromatic N) is 1. The number of non-ortho nitro benzene ring substituents is 1. The minimum atomic E-state index is -0.367. The van der Waals surface area contributed by atoms with Crippen LogP contribution in [0.25, 0.3) is 0 Å². The van der Waals surface area contributed by atoms with Crippen LogP contribution in [0.4, 0.5) is 11.4 Å². The van der Waals surface area contributed by atoms with E-state index in [1.807, 2.05) is 13.0 Å². The van der Waals surface area contributed by atoms with Gasteiger partial charge in [0.2, 0.25) is 0 Å². The Balaban J connectivity index is 1.86. The van der Waals surface area contributed by atoms with Crippen LogP contribution >= 0.6 is 22.9 Å². The Labute approximate surface area is 131 Å². The van der Waals surface area contributed by atoms with Gasteiger partial charge in [0.1, 0.15) is 0 Å². The van der Waals surface area contributed by atoms with Gasteiger partial charge in [0, 0.05) is 22.7 Å². The number of nitro groups is 1. The lowest BCUT2D eigenvalue weighted by molar-refractivity contribution is -0.384. The third-order valence-electron chi connectivity index (χ3n) is 3.83. The first-order chi connectivity index (χ1) is 10.0. The maximum absolute atomic E-state index is 10.8. The van der Waals surface area contributed by atoms with E-state index in [1.54, 1.807) is 29.5 Å². The molecule has 0 radical (unpaired) electrons. The second kappa shape index (κ2) is 5.66. The van der Waals surface area contributed by atoms with Crippen LogP contribution < -0.4 is 5.32 Å². The van der Waals surface area contributed by atoms with Crippen LogP contribution in [-0.2, 0) is 6.42 Å². The molecule has 0 fully saturated rings. The minimum Gasteiger partial charge on any atom is -0.378 e. The number of benzene rings is 1. The lowest BCUT2D eigenvalue weighted by Crippen LogP contribution is -2.16. The van der Waals surface area contributed by atoms with Crippen LogP contribution in [0.1, 0.15) is 34.9 Å². The molecule has 0 aliphatic heterocycles. The Bertz CT molecular complexity index is 699. The highest BCUT2D eigenvalue weighted by Crippen LogP contribution is 2.39. The predicted octanol–water partition coefficient (Wildman–Crippen LogP) is 5.11. The second-order valence-electron chi connectivity index (χ2n) is 5.27. The summed E-state index contributed by atoms with van der Waals surface area (Å²) in [6.07, 6.45) is 3.27. The van der Waals surface area contributed by atoms with E-state index in [0.29, 0.717) is 0 Å². The molecule has 4 nitrogen and oxygen atoms in total. The Morgan fingerprint density at radius 2 is 2.24 bits per heavy atom. The van der Waals surface area contributed by atoms with E-state index in [-0.39, 0.29) is 16.7 Å². The summed E-state index contributed by atoms with van der Waals surface area (Å²) in [6, 6.07) is 7.21. The van der Waals surface area contributed by atoms with Crippen molar-refractivity contribution in [3.63, 3.8) is 0 Å². The molecule has 1 aliphatic rings. The molecule has 21 heavy (non-hydrogen) atoms. The Kier molecular flexibility index (Phi) is 3.87. The largest absolute Gasteiger partial charge is 0.378 e. The van der Waals surface area contributed by atoms with Gasteiger partial charge in [-0.05, 0) is 49.4 Å². The molecule has 3 rings (SSSR count). The van der Waals surface area contributed by atoms with Crippen LogP contribution in [0.15, 0.2) is 24.3 Å². The van der Waals surface area contributed by atoms with Gasteiger partial charge in [0.05, 0.1) is 15.3 Å². The van der Waals surface area contributed by atoms with Gasteiger partial charge in [-0.15, -0.1) is 11.3 Å². The molecule has 0 bridgehead atoms. The summed E-state index contributed by atoms with van der Waals surface area (Å²) in [5.74, 6) is 0. The smallest absolute Gasteiger partial charge is 0.269 e. The van der Waals surface area contributed by atoms with Gasteiger partial charge < -0.3 is 5.32 Å². The summed E-state index contributed by atoms with van der Waals surface area (Å²) in [5.41, 5.74) is 3.23. The Hall–Kier alpha value is -1.59. The summed E-state index contributed by atoms with van der Waals surface area (Å²) in [4.78, 5) is 11.8. The fourth-order valence-corrected chi connectivity index (χ4v) is 4.17. The van der Waals surface area contributed by atoms with Crippen LogP contribution in [-0.4, -0.2) is 4.92 Å². The summed E-state index contributed by atoms with van der Waals surface area (Å²) in [5, 5.41) is 14.3. The van der Waals surface area contributed by atoms with E-state index < -0.39 is 0 Å². The van der Waals surface area contributed by atoms with Crippen molar-refractivity contribution in [2.24, 2.45) is 0 Å². The number of nitro benzene ring substituents is 1. The molecule has 0 amide bonds. The van der Waals surface area contributed by atoms with Gasteiger partial charge in [0.15, 0.2) is 0 Å². The van der Waals surface area contributed by atoms with Crippen molar-refractivity contribution >= 4 is 34.3 Å². The van der Waals surface area contributed by atoms with Gasteiger partial charge in [-0.25, -0.2) is 0 Å². The number of rotatable bonds is 3. The minimum absolute atomic E-state index is 0.126. The zero-order valence-electron chi connectivity index (χ0n) is 11.6. The quantitative estimate of drug-likeness (QED) is 0.631. The molecular weight excluding hydrogens is 308 g/mol. The highest BCUT2D eigenvalue weighted by atomic mass is 35.5. The first-order valence-electron chi connectivity index (χ1n) is 6.84. The van der Waals surface area contributed by atoms with E-state index in [9.17, 15) is 10.1 Å². The third-order valence-corrected chi connectivity index (χ3v) is 5.17. The molecule has 1 unspecified atom stereocenters. The van der Waals surface area contributed by atoms with Crippen molar-refractivity contribution in [3.05, 3.63) is 54.7 Å². The van der Waals surface area contributed by atoms with Gasteiger partial charge in [-0.1, -0.05) is 11.6 Å². The zero-order valence-corrected chi connectivity index (χ0v) is 13.1. The fourth-order valence-electron chi connectivity index (χ4n) is 2.78. The molecule has 2 aromatic rings. The fraction of sp³-hybridized carbons (Fsp3) is 0.333. The summed E-state index contributed by atoms with van der Waals surface area (Å²) in [6.45, 7) is 1.89. The molecule has 1 aromatic carbocycles. The number of hydrogen-bond acceptors (Lipinski definition) is 4. The summed E-state index contributed by atoms with van der Waals surface area (Å²) in [7, 11) is 0. The molecule has 1 aromatic heterocycles. The van der Waals surface area contributed by atoms with Crippen molar-refractivity contribution in [2.75, 3.05) is 5.32 Å². The number of fused-ring (bicyclic) bond motifs is 1. The Morgan fingerprint density at radius 3 is 2.95 bits per heavy atom. The maximum Gasteiger partial charge on any atom is 0.269 e. The number of nitrogens with one attached hydrogen (secondary N) is 1. The van der Waals surface area contributed by atoms with Crippen molar-refractivity contribution in [2.45, 2.75) is 32.2 Å². The van der Waals surface area contributed by atoms with Crippen molar-refractivity contribution in [1.82, 2.24) is 0 Å². The first kappa shape index (κ1) is 14.4. The number of anilines is 1. The van der Waals surface area contributed by atoms with Crippen molar-refractivity contribution < 1.29 is 4.92 Å². The van der Waals surface area contributed by atoms with Crippen LogP contribution in [0, 0.1) is 17.0 Å². The predicted molar refractivity (Wildman–Crippen MR) is 86.5 cm³/mol. The number of aryl methyl sites for hydroxylation is 2. The molecule has 110 valence electrons. The number of halogens is 1. The van der Waals surface area contributed by atoms with E-state index >= 15 is 0 Å². The maximum atomic E-state index is 10.8. The summed E-state index contributed by atoms with van der Waals surface area (Å²) >= 11 is 7.77. The normalized spacial score (nSPS) is 17.3. The van der Waals surface area contributed by atoms with Gasteiger partial charge in [0.25, 0.3) is 5.69 Å². The Morgan fingerprint density at radius 1 is 1.43 bits per heavy atom. The molecule has 0 saturated heterocycles. The molecule has 0 saturated carbocycles. The third kappa shape index (κ3) is 2.89. The zero-order chi connectivity index (χ0) is 15.0. The molecule has 1 N–H and O–H groups in total. The molecule has 1 heterocycles. The van der Waals surface area contributed by atoms with Crippen molar-refractivity contribution in [1.29, 1.82) is 0 Å². The van der Waals surface area contributed by atoms with Crippen LogP contribution in [0.2, 0.25) is 4.34 Å². The monoisotopic (exact) mass is 322 g/mol. The van der Waals surface area contributed by atoms with E-state index in [0.717, 1.165) is 34.8 Å². The molecule has 0 spiro atoms. The lowest BCUT2D eigenvalue weighted by atomic mass is 9.93. The number of hydrogen-bond donors (Lipinski definition) is 1. The van der Waals surface area contributed by atoms with E-state index in [4.69, 9.17) is 11.6 Å². The van der Waals surface area contributed by atoms with E-state index in [2.05, 4.69) is 5.32 Å². The highest BCUT2D eigenvalue weighted by molar-refractivity contribution is 7.16. The molecular formula is C15H15ClN2O2S. The van der Waals surface area contributed by atoms with Gasteiger partial charge in [-0.3, -0.25) is 10.1 Å². The topological polar surface area (TPSA) is 55.2 Å². The van der Waals surface area contributed by atoms with Crippen molar-refractivity contribution in [3.8, 4) is 0 Å². The average molecular weight is 323 g/mol. The number of thiophene rings is 1. The lowest BCUT2D eigenvalue weighted by Gasteiger charge is -2.25. The van der Waals surface area contributed by atoms with Crippen LogP contribution in [0.5, 0.6) is 0 Å². The highest BCUT2D eigenvalue weighted by Gasteiger charge is 2.23. The summed E-state index contributed by atoms with van der Waals surface area (Å²) < 4.78 is 0.828. The molecule has 6 heteroatoms. The van der Waals surface area contributed by atoms with Gasteiger partial charge >= 0.3 is 0 Å². The van der Waals surface area contributed by atoms with Crippen LogP contribution in [0.3, 0.4) is 0 Å².